The van der Waals surface area contributed by atoms with Crippen molar-refractivity contribution in [2.45, 2.75) is 51.5 Å². The minimum absolute atomic E-state index is 0.694. The predicted octanol–water partition coefficient (Wildman–Crippen LogP) is 3.57. The molecule has 1 fully saturated rings. The molecule has 98 valence electrons. The lowest BCUT2D eigenvalue weighted by Gasteiger charge is -2.28. The third-order valence-electron chi connectivity index (χ3n) is 4.79. The zero-order chi connectivity index (χ0) is 12.4. The van der Waals surface area contributed by atoms with Gasteiger partial charge in [-0.05, 0) is 55.2 Å². The van der Waals surface area contributed by atoms with Gasteiger partial charge in [0.2, 0.25) is 0 Å². The molecule has 1 aromatic carbocycles. The summed E-state index contributed by atoms with van der Waals surface area (Å²) in [4.78, 5) is 0. The van der Waals surface area contributed by atoms with E-state index in [1.165, 1.54) is 45.1 Å². The second-order valence-electron chi connectivity index (χ2n) is 6.42. The molecule has 2 aliphatic rings. The van der Waals surface area contributed by atoms with Crippen molar-refractivity contribution in [2.24, 2.45) is 11.8 Å². The first-order valence-corrected chi connectivity index (χ1v) is 7.61. The van der Waals surface area contributed by atoms with Crippen LogP contribution in [0.5, 0.6) is 0 Å². The van der Waals surface area contributed by atoms with Crippen LogP contribution >= 0.6 is 0 Å². The number of hydrogen-bond donors (Lipinski definition) is 1. The fourth-order valence-electron chi connectivity index (χ4n) is 3.78. The number of benzene rings is 1. The Morgan fingerprint density at radius 2 is 1.83 bits per heavy atom. The van der Waals surface area contributed by atoms with Crippen LogP contribution in [0.15, 0.2) is 24.3 Å². The Bertz CT molecular complexity index is 373. The van der Waals surface area contributed by atoms with Gasteiger partial charge in [-0.15, -0.1) is 0 Å². The number of fused-ring (bicyclic) bond motifs is 1. The first kappa shape index (κ1) is 12.2. The van der Waals surface area contributed by atoms with Crippen molar-refractivity contribution in [1.82, 2.24) is 5.32 Å². The van der Waals surface area contributed by atoms with Crippen LogP contribution in [0.3, 0.4) is 0 Å². The summed E-state index contributed by atoms with van der Waals surface area (Å²) < 4.78 is 0. The van der Waals surface area contributed by atoms with E-state index in [9.17, 15) is 0 Å². The summed E-state index contributed by atoms with van der Waals surface area (Å²) in [7, 11) is 0. The van der Waals surface area contributed by atoms with Gasteiger partial charge in [0.1, 0.15) is 0 Å². The topological polar surface area (TPSA) is 12.0 Å². The van der Waals surface area contributed by atoms with Crippen molar-refractivity contribution in [1.29, 1.82) is 0 Å². The van der Waals surface area contributed by atoms with Gasteiger partial charge in [-0.2, -0.15) is 0 Å². The fourth-order valence-corrected chi connectivity index (χ4v) is 3.78. The molecule has 0 aromatic heterocycles. The van der Waals surface area contributed by atoms with Gasteiger partial charge in [-0.25, -0.2) is 0 Å². The molecule has 1 heteroatoms. The number of hydrogen-bond acceptors (Lipinski definition) is 1. The molecule has 1 aromatic rings. The molecular formula is C17H25N. The monoisotopic (exact) mass is 243 g/mol. The van der Waals surface area contributed by atoms with Gasteiger partial charge in [0.15, 0.2) is 0 Å². The van der Waals surface area contributed by atoms with E-state index in [1.807, 2.05) is 0 Å². The second kappa shape index (κ2) is 5.44. The molecule has 1 nitrogen and oxygen atoms in total. The quantitative estimate of drug-likeness (QED) is 0.856. The van der Waals surface area contributed by atoms with Gasteiger partial charge in [0.05, 0.1) is 0 Å². The molecule has 2 atom stereocenters. The molecule has 2 unspecified atom stereocenters. The summed E-state index contributed by atoms with van der Waals surface area (Å²) in [5, 5.41) is 3.82. The number of rotatable bonds is 3. The standard InChI is InChI=1S/C17H25N/c1-13-5-4-6-14(9-13)12-18-17-10-15-7-2-3-8-16(15)11-17/h2-3,7-8,13-14,17-18H,4-6,9-12H2,1H3. The highest BCUT2D eigenvalue weighted by Gasteiger charge is 2.23. The minimum atomic E-state index is 0.694. The van der Waals surface area contributed by atoms with Crippen molar-refractivity contribution >= 4 is 0 Å². The fraction of sp³-hybridized carbons (Fsp3) is 0.647. The molecule has 0 amide bonds. The van der Waals surface area contributed by atoms with Crippen LogP contribution in [-0.4, -0.2) is 12.6 Å². The summed E-state index contributed by atoms with van der Waals surface area (Å²) in [5.41, 5.74) is 3.12. The van der Waals surface area contributed by atoms with Crippen LogP contribution < -0.4 is 5.32 Å². The molecular weight excluding hydrogens is 218 g/mol. The van der Waals surface area contributed by atoms with Crippen molar-refractivity contribution < 1.29 is 0 Å². The molecule has 2 aliphatic carbocycles. The van der Waals surface area contributed by atoms with Crippen molar-refractivity contribution in [3.63, 3.8) is 0 Å². The average Bonchev–Trinajstić information content (AvgIpc) is 2.79. The Hall–Kier alpha value is -0.820. The van der Waals surface area contributed by atoms with Crippen LogP contribution in [0, 0.1) is 11.8 Å². The van der Waals surface area contributed by atoms with E-state index in [1.54, 1.807) is 11.1 Å². The highest BCUT2D eigenvalue weighted by Crippen LogP contribution is 2.28. The Balaban J connectivity index is 1.48. The van der Waals surface area contributed by atoms with E-state index >= 15 is 0 Å². The summed E-state index contributed by atoms with van der Waals surface area (Å²) in [5.74, 6) is 1.88. The van der Waals surface area contributed by atoms with Crippen LogP contribution in [0.2, 0.25) is 0 Å². The van der Waals surface area contributed by atoms with Crippen LogP contribution in [0.25, 0.3) is 0 Å². The first-order chi connectivity index (χ1) is 8.81. The highest BCUT2D eigenvalue weighted by molar-refractivity contribution is 5.33. The molecule has 0 heterocycles. The Labute approximate surface area is 111 Å². The molecule has 0 spiro atoms. The maximum atomic E-state index is 3.82. The molecule has 18 heavy (non-hydrogen) atoms. The molecule has 0 saturated heterocycles. The Kier molecular flexibility index (Phi) is 3.69. The van der Waals surface area contributed by atoms with Gasteiger partial charge in [-0.3, -0.25) is 0 Å². The normalized spacial score (nSPS) is 28.3. The van der Waals surface area contributed by atoms with E-state index in [0.29, 0.717) is 6.04 Å². The van der Waals surface area contributed by atoms with E-state index in [0.717, 1.165) is 11.8 Å². The van der Waals surface area contributed by atoms with E-state index in [2.05, 4.69) is 36.5 Å². The molecule has 0 radical (unpaired) electrons. The lowest BCUT2D eigenvalue weighted by atomic mass is 9.82. The van der Waals surface area contributed by atoms with Crippen molar-refractivity contribution in [3.8, 4) is 0 Å². The summed E-state index contributed by atoms with van der Waals surface area (Å²) >= 11 is 0. The summed E-state index contributed by atoms with van der Waals surface area (Å²) in [6.45, 7) is 3.65. The van der Waals surface area contributed by atoms with Crippen LogP contribution in [-0.2, 0) is 12.8 Å². The largest absolute Gasteiger partial charge is 0.313 e. The third kappa shape index (κ3) is 2.77. The van der Waals surface area contributed by atoms with Gasteiger partial charge < -0.3 is 5.32 Å². The van der Waals surface area contributed by atoms with Gasteiger partial charge in [0, 0.05) is 6.04 Å². The van der Waals surface area contributed by atoms with Crippen LogP contribution in [0.4, 0.5) is 0 Å². The van der Waals surface area contributed by atoms with Gasteiger partial charge in [-0.1, -0.05) is 44.0 Å². The molecule has 0 aliphatic heterocycles. The van der Waals surface area contributed by atoms with Gasteiger partial charge >= 0.3 is 0 Å². The van der Waals surface area contributed by atoms with E-state index < -0.39 is 0 Å². The minimum Gasteiger partial charge on any atom is -0.313 e. The van der Waals surface area contributed by atoms with E-state index in [4.69, 9.17) is 0 Å². The highest BCUT2D eigenvalue weighted by atomic mass is 14.9. The van der Waals surface area contributed by atoms with Crippen molar-refractivity contribution in [3.05, 3.63) is 35.4 Å². The smallest absolute Gasteiger partial charge is 0.0148 e. The summed E-state index contributed by atoms with van der Waals surface area (Å²) in [6, 6.07) is 9.62. The number of nitrogens with one attached hydrogen (secondary N) is 1. The molecule has 1 saturated carbocycles. The zero-order valence-corrected chi connectivity index (χ0v) is 11.5. The SMILES string of the molecule is CC1CCCC(CNC2Cc3ccccc3C2)C1. The lowest BCUT2D eigenvalue weighted by Crippen LogP contribution is -2.35. The Morgan fingerprint density at radius 3 is 2.50 bits per heavy atom. The maximum Gasteiger partial charge on any atom is 0.0148 e. The second-order valence-corrected chi connectivity index (χ2v) is 6.42. The van der Waals surface area contributed by atoms with Crippen LogP contribution in [0.1, 0.15) is 43.7 Å². The first-order valence-electron chi connectivity index (χ1n) is 7.61. The average molecular weight is 243 g/mol. The maximum absolute atomic E-state index is 3.82. The molecule has 3 rings (SSSR count). The Morgan fingerprint density at radius 1 is 1.11 bits per heavy atom. The van der Waals surface area contributed by atoms with Crippen molar-refractivity contribution in [2.75, 3.05) is 6.54 Å². The zero-order valence-electron chi connectivity index (χ0n) is 11.5. The van der Waals surface area contributed by atoms with Gasteiger partial charge in [0.25, 0.3) is 0 Å². The summed E-state index contributed by atoms with van der Waals surface area (Å²) in [6.07, 6.45) is 8.24. The van der Waals surface area contributed by atoms with E-state index in [-0.39, 0.29) is 0 Å². The predicted molar refractivity (Wildman–Crippen MR) is 76.8 cm³/mol. The molecule has 1 N–H and O–H groups in total. The third-order valence-corrected chi connectivity index (χ3v) is 4.79. The molecule has 0 bridgehead atoms. The lowest BCUT2D eigenvalue weighted by molar-refractivity contribution is 0.267.